The van der Waals surface area contributed by atoms with Crippen molar-refractivity contribution in [3.05, 3.63) is 0 Å². The molecule has 1 rings (SSSR count). The van der Waals surface area contributed by atoms with Crippen LogP contribution < -0.4 is 5.32 Å². The van der Waals surface area contributed by atoms with Gasteiger partial charge in [-0.1, -0.05) is 113 Å². The molecular weight excluding hydrogens is 316 g/mol. The molecule has 0 unspecified atom stereocenters. The highest BCUT2D eigenvalue weighted by atomic mass is 15.2. The Morgan fingerprint density at radius 3 is 1.54 bits per heavy atom. The van der Waals surface area contributed by atoms with Gasteiger partial charge in [0, 0.05) is 6.42 Å². The Bertz CT molecular complexity index is 395. The number of unbranched alkanes of at least 4 members (excludes halogenated alkanes) is 10. The van der Waals surface area contributed by atoms with Gasteiger partial charge in [-0.05, 0) is 17.3 Å². The van der Waals surface area contributed by atoms with Crippen molar-refractivity contribution in [3.8, 4) is 0 Å². The van der Waals surface area contributed by atoms with E-state index in [1.165, 1.54) is 76.5 Å². The molecule has 0 saturated carbocycles. The lowest BCUT2D eigenvalue weighted by atomic mass is 9.60. The van der Waals surface area contributed by atoms with Gasteiger partial charge in [0.1, 0.15) is 0 Å². The van der Waals surface area contributed by atoms with Crippen LogP contribution in [0.15, 0.2) is 4.99 Å². The summed E-state index contributed by atoms with van der Waals surface area (Å²) >= 11 is 0. The number of hydrogen-bond donors (Lipinski definition) is 1. The van der Waals surface area contributed by atoms with Gasteiger partial charge < -0.3 is 5.32 Å². The molecule has 1 N–H and O–H groups in total. The van der Waals surface area contributed by atoms with Crippen LogP contribution in [0.2, 0.25) is 0 Å². The average Bonchev–Trinajstić information content (AvgIpc) is 2.98. The van der Waals surface area contributed by atoms with Crippen molar-refractivity contribution in [2.24, 2.45) is 15.8 Å². The zero-order valence-corrected chi connectivity index (χ0v) is 19.1. The second-order valence-electron chi connectivity index (χ2n) is 10.6. The zero-order valence-electron chi connectivity index (χ0n) is 19.1. The molecule has 1 aliphatic rings. The summed E-state index contributed by atoms with van der Waals surface area (Å²) in [5, 5.41) is 3.87. The van der Waals surface area contributed by atoms with Gasteiger partial charge in [0.25, 0.3) is 0 Å². The molecular formula is C24H48N2. The van der Waals surface area contributed by atoms with E-state index in [9.17, 15) is 0 Å². The summed E-state index contributed by atoms with van der Waals surface area (Å²) in [6.45, 7) is 17.3. The van der Waals surface area contributed by atoms with Crippen LogP contribution in [0.3, 0.4) is 0 Å². The third kappa shape index (κ3) is 6.89. The number of nitrogens with one attached hydrogen (secondary N) is 1. The molecule has 0 fully saturated rings. The van der Waals surface area contributed by atoms with E-state index in [-0.39, 0.29) is 16.4 Å². The molecule has 2 heteroatoms. The lowest BCUT2D eigenvalue weighted by Gasteiger charge is -2.51. The normalized spacial score (nSPS) is 17.3. The van der Waals surface area contributed by atoms with Crippen LogP contribution in [0.1, 0.15) is 126 Å². The predicted molar refractivity (Wildman–Crippen MR) is 118 cm³/mol. The van der Waals surface area contributed by atoms with Gasteiger partial charge in [-0.15, -0.1) is 0 Å². The topological polar surface area (TPSA) is 24.4 Å². The highest BCUT2D eigenvalue weighted by Gasteiger charge is 2.53. The first-order valence-corrected chi connectivity index (χ1v) is 11.5. The first-order valence-electron chi connectivity index (χ1n) is 11.5. The second kappa shape index (κ2) is 10.7. The molecule has 0 aromatic rings. The molecule has 0 aromatic heterocycles. The number of amidine groups is 1. The number of rotatable bonds is 12. The minimum absolute atomic E-state index is 0.0765. The van der Waals surface area contributed by atoms with Crippen LogP contribution >= 0.6 is 0 Å². The maximum Gasteiger partial charge on any atom is 0.0969 e. The molecule has 1 heterocycles. The summed E-state index contributed by atoms with van der Waals surface area (Å²) in [6, 6.07) is 0. The van der Waals surface area contributed by atoms with Crippen molar-refractivity contribution in [2.75, 3.05) is 6.54 Å². The third-order valence-electron chi connectivity index (χ3n) is 6.44. The van der Waals surface area contributed by atoms with E-state index in [2.05, 4.69) is 53.8 Å². The monoisotopic (exact) mass is 364 g/mol. The molecule has 154 valence electrons. The summed E-state index contributed by atoms with van der Waals surface area (Å²) in [5.74, 6) is 1.26. The predicted octanol–water partition coefficient (Wildman–Crippen LogP) is 7.52. The van der Waals surface area contributed by atoms with Crippen LogP contribution in [0.4, 0.5) is 0 Å². The molecule has 1 aliphatic heterocycles. The maximum absolute atomic E-state index is 4.91. The smallest absolute Gasteiger partial charge is 0.0969 e. The van der Waals surface area contributed by atoms with E-state index in [0.29, 0.717) is 0 Å². The Labute approximate surface area is 165 Å². The van der Waals surface area contributed by atoms with Gasteiger partial charge in [0.2, 0.25) is 0 Å². The van der Waals surface area contributed by atoms with Gasteiger partial charge in [-0.25, -0.2) is 0 Å². The lowest BCUT2D eigenvalue weighted by molar-refractivity contribution is 0.0560. The van der Waals surface area contributed by atoms with Crippen LogP contribution in [-0.2, 0) is 0 Å². The van der Waals surface area contributed by atoms with E-state index in [1.54, 1.807) is 0 Å². The fourth-order valence-electron chi connectivity index (χ4n) is 4.61. The highest BCUT2D eigenvalue weighted by molar-refractivity contribution is 5.85. The molecule has 0 aromatic carbocycles. The van der Waals surface area contributed by atoms with Crippen LogP contribution in [0, 0.1) is 10.8 Å². The van der Waals surface area contributed by atoms with Gasteiger partial charge in [-0.2, -0.15) is 0 Å². The molecule has 26 heavy (non-hydrogen) atoms. The molecule has 0 atom stereocenters. The first-order chi connectivity index (χ1) is 12.1. The second-order valence-corrected chi connectivity index (χ2v) is 10.6. The Morgan fingerprint density at radius 2 is 1.15 bits per heavy atom. The number of aliphatic imine (C=N–C) groups is 1. The number of hydrogen-bond acceptors (Lipinski definition) is 2. The average molecular weight is 365 g/mol. The van der Waals surface area contributed by atoms with Crippen LogP contribution in [0.5, 0.6) is 0 Å². The largest absolute Gasteiger partial charge is 0.365 e. The Morgan fingerprint density at radius 1 is 0.731 bits per heavy atom. The molecule has 2 nitrogen and oxygen atoms in total. The van der Waals surface area contributed by atoms with E-state index < -0.39 is 0 Å². The molecule has 0 spiro atoms. The van der Waals surface area contributed by atoms with Crippen molar-refractivity contribution in [1.29, 1.82) is 0 Å². The minimum atomic E-state index is 0.0765. The van der Waals surface area contributed by atoms with Crippen LogP contribution in [-0.4, -0.2) is 17.9 Å². The van der Waals surface area contributed by atoms with E-state index in [1.807, 2.05) is 0 Å². The quantitative estimate of drug-likeness (QED) is 0.356. The van der Waals surface area contributed by atoms with E-state index in [4.69, 9.17) is 4.99 Å². The molecule has 0 amide bonds. The maximum atomic E-state index is 4.91. The van der Waals surface area contributed by atoms with Gasteiger partial charge >= 0.3 is 0 Å². The summed E-state index contributed by atoms with van der Waals surface area (Å²) in [6.07, 6.45) is 16.6. The Kier molecular flexibility index (Phi) is 9.69. The molecule has 0 bridgehead atoms. The number of nitrogens with zero attached hydrogens (tertiary/aromatic N) is 1. The first kappa shape index (κ1) is 23.5. The summed E-state index contributed by atoms with van der Waals surface area (Å²) in [5.41, 5.74) is 0.481. The fourth-order valence-corrected chi connectivity index (χ4v) is 4.61. The summed E-state index contributed by atoms with van der Waals surface area (Å²) in [4.78, 5) is 4.91. The zero-order chi connectivity index (χ0) is 19.7. The summed E-state index contributed by atoms with van der Waals surface area (Å²) < 4.78 is 0. The lowest BCUT2D eigenvalue weighted by Crippen LogP contribution is -2.63. The third-order valence-corrected chi connectivity index (χ3v) is 6.44. The SMILES string of the molecule is CCCCCCCCCCCCCC1=NCC(C(C)(C)C)(C(C)(C)C)N1. The minimum Gasteiger partial charge on any atom is -0.365 e. The van der Waals surface area contributed by atoms with Gasteiger partial charge in [0.05, 0.1) is 17.9 Å². The van der Waals surface area contributed by atoms with E-state index in [0.717, 1.165) is 13.0 Å². The van der Waals surface area contributed by atoms with E-state index >= 15 is 0 Å². The molecule has 0 saturated heterocycles. The van der Waals surface area contributed by atoms with Gasteiger partial charge in [0.15, 0.2) is 0 Å². The van der Waals surface area contributed by atoms with Crippen molar-refractivity contribution >= 4 is 5.84 Å². The van der Waals surface area contributed by atoms with Crippen molar-refractivity contribution in [2.45, 2.75) is 131 Å². The van der Waals surface area contributed by atoms with Crippen LogP contribution in [0.25, 0.3) is 0 Å². The van der Waals surface area contributed by atoms with Crippen molar-refractivity contribution < 1.29 is 0 Å². The highest BCUT2D eigenvalue weighted by Crippen LogP contribution is 2.46. The Balaban J connectivity index is 2.16. The fraction of sp³-hybridized carbons (Fsp3) is 0.958. The standard InChI is InChI=1S/C24H48N2/c1-8-9-10-11-12-13-14-15-16-17-18-19-21-25-20-24(26-21,22(2,3)4)23(5,6)7/h8-20H2,1-7H3,(H,25,26). The Hall–Kier alpha value is -0.530. The summed E-state index contributed by atoms with van der Waals surface area (Å²) in [7, 11) is 0. The van der Waals surface area contributed by atoms with Crippen molar-refractivity contribution in [1.82, 2.24) is 5.32 Å². The van der Waals surface area contributed by atoms with Crippen molar-refractivity contribution in [3.63, 3.8) is 0 Å². The molecule has 0 radical (unpaired) electrons. The molecule has 0 aliphatic carbocycles. The van der Waals surface area contributed by atoms with Gasteiger partial charge in [-0.3, -0.25) is 4.99 Å².